The molecule has 1 aliphatic carbocycles. The molecule has 2 aromatic rings. The van der Waals surface area contributed by atoms with Crippen molar-refractivity contribution in [2.24, 2.45) is 5.92 Å². The molecule has 0 bridgehead atoms. The van der Waals surface area contributed by atoms with E-state index in [2.05, 4.69) is 27.8 Å². The van der Waals surface area contributed by atoms with Crippen molar-refractivity contribution in [1.29, 1.82) is 0 Å². The topological polar surface area (TPSA) is 81.9 Å². The third-order valence-corrected chi connectivity index (χ3v) is 5.54. The minimum Gasteiger partial charge on any atom is -0.492 e. The van der Waals surface area contributed by atoms with Gasteiger partial charge in [-0.25, -0.2) is 0 Å². The molecule has 1 aromatic heterocycles. The van der Waals surface area contributed by atoms with E-state index >= 15 is 0 Å². The minimum absolute atomic E-state index is 0.0291. The maximum absolute atomic E-state index is 12.3. The molecule has 0 spiro atoms. The number of hydrogen-bond acceptors (Lipinski definition) is 6. The largest absolute Gasteiger partial charge is 0.492 e. The molecule has 1 N–H and O–H groups in total. The third-order valence-electron chi connectivity index (χ3n) is 4.62. The molecule has 0 aliphatic heterocycles. The van der Waals surface area contributed by atoms with Crippen molar-refractivity contribution in [3.05, 3.63) is 24.3 Å². The van der Waals surface area contributed by atoms with Gasteiger partial charge in [0.2, 0.25) is 11.1 Å². The number of thioether (sulfide) groups is 1. The van der Waals surface area contributed by atoms with Gasteiger partial charge in [-0.05, 0) is 48.2 Å². The Balaban J connectivity index is 1.63. The number of nitrogens with zero attached hydrogens (tertiary/aromatic N) is 4. The van der Waals surface area contributed by atoms with E-state index in [0.29, 0.717) is 29.2 Å². The first kappa shape index (κ1) is 18.7. The summed E-state index contributed by atoms with van der Waals surface area (Å²) in [6, 6.07) is 7.88. The van der Waals surface area contributed by atoms with Gasteiger partial charge in [-0.15, -0.1) is 5.10 Å². The zero-order chi connectivity index (χ0) is 18.4. The van der Waals surface area contributed by atoms with Gasteiger partial charge in [0.1, 0.15) is 11.4 Å². The zero-order valence-electron chi connectivity index (χ0n) is 15.2. The van der Waals surface area contributed by atoms with E-state index in [-0.39, 0.29) is 11.9 Å². The van der Waals surface area contributed by atoms with E-state index in [4.69, 9.17) is 4.74 Å². The number of benzene rings is 1. The zero-order valence-corrected chi connectivity index (χ0v) is 16.0. The SMILES string of the molecule is CCOc1ccccc1-n1nnnc1SCC(=O)N[C@@H]1CCCC[C@H]1C. The number of amides is 1. The van der Waals surface area contributed by atoms with Crippen LogP contribution in [0.2, 0.25) is 0 Å². The Morgan fingerprint density at radius 2 is 2.15 bits per heavy atom. The predicted octanol–water partition coefficient (Wildman–Crippen LogP) is 2.85. The van der Waals surface area contributed by atoms with Crippen LogP contribution in [-0.2, 0) is 4.79 Å². The maximum Gasteiger partial charge on any atom is 0.230 e. The molecule has 3 rings (SSSR count). The minimum atomic E-state index is 0.0291. The second-order valence-electron chi connectivity index (χ2n) is 6.50. The van der Waals surface area contributed by atoms with E-state index in [0.717, 1.165) is 12.1 Å². The van der Waals surface area contributed by atoms with E-state index in [1.807, 2.05) is 31.2 Å². The van der Waals surface area contributed by atoms with Crippen LogP contribution in [0.3, 0.4) is 0 Å². The van der Waals surface area contributed by atoms with Gasteiger partial charge in [-0.2, -0.15) is 4.68 Å². The number of rotatable bonds is 7. The Morgan fingerprint density at radius 3 is 2.96 bits per heavy atom. The molecule has 1 aliphatic rings. The first-order valence-electron chi connectivity index (χ1n) is 9.11. The van der Waals surface area contributed by atoms with Crippen LogP contribution in [0.4, 0.5) is 0 Å². The van der Waals surface area contributed by atoms with Crippen molar-refractivity contribution in [3.63, 3.8) is 0 Å². The molecule has 0 unspecified atom stereocenters. The van der Waals surface area contributed by atoms with Crippen molar-refractivity contribution >= 4 is 17.7 Å². The van der Waals surface area contributed by atoms with E-state index in [9.17, 15) is 4.79 Å². The van der Waals surface area contributed by atoms with E-state index < -0.39 is 0 Å². The van der Waals surface area contributed by atoms with Crippen molar-refractivity contribution in [2.45, 2.75) is 50.7 Å². The van der Waals surface area contributed by atoms with Gasteiger partial charge in [0.05, 0.1) is 12.4 Å². The first-order chi connectivity index (χ1) is 12.7. The van der Waals surface area contributed by atoms with Gasteiger partial charge in [-0.3, -0.25) is 4.79 Å². The Hall–Kier alpha value is -2.09. The lowest BCUT2D eigenvalue weighted by Gasteiger charge is -2.29. The molecule has 1 aromatic carbocycles. The number of tetrazole rings is 1. The number of aromatic nitrogens is 4. The highest BCUT2D eigenvalue weighted by Gasteiger charge is 2.23. The number of nitrogens with one attached hydrogen (secondary N) is 1. The molecule has 0 radical (unpaired) electrons. The van der Waals surface area contributed by atoms with Crippen LogP contribution in [0, 0.1) is 5.92 Å². The highest BCUT2D eigenvalue weighted by molar-refractivity contribution is 7.99. The lowest BCUT2D eigenvalue weighted by molar-refractivity contribution is -0.119. The summed E-state index contributed by atoms with van der Waals surface area (Å²) in [4.78, 5) is 12.3. The maximum atomic E-state index is 12.3. The molecule has 8 heteroatoms. The Labute approximate surface area is 157 Å². The molecule has 1 fully saturated rings. The fourth-order valence-corrected chi connectivity index (χ4v) is 3.93. The Bertz CT molecular complexity index is 736. The van der Waals surface area contributed by atoms with Gasteiger partial charge in [0.25, 0.3) is 0 Å². The van der Waals surface area contributed by atoms with E-state index in [1.54, 1.807) is 4.68 Å². The molecule has 7 nitrogen and oxygen atoms in total. The Kier molecular flexibility index (Phi) is 6.49. The number of carbonyl (C=O) groups excluding carboxylic acids is 1. The summed E-state index contributed by atoms with van der Waals surface area (Å²) >= 11 is 1.33. The van der Waals surface area contributed by atoms with Crippen LogP contribution in [0.5, 0.6) is 5.75 Å². The molecule has 1 amide bonds. The van der Waals surface area contributed by atoms with Gasteiger partial charge in [0, 0.05) is 6.04 Å². The summed E-state index contributed by atoms with van der Waals surface area (Å²) in [6.45, 7) is 4.70. The van der Waals surface area contributed by atoms with Gasteiger partial charge in [-0.1, -0.05) is 43.7 Å². The van der Waals surface area contributed by atoms with Crippen LogP contribution in [0.1, 0.15) is 39.5 Å². The van der Waals surface area contributed by atoms with Gasteiger partial charge < -0.3 is 10.1 Å². The molecule has 1 saturated carbocycles. The van der Waals surface area contributed by atoms with Crippen LogP contribution in [0.15, 0.2) is 29.4 Å². The molecular formula is C18H25N5O2S. The molecule has 2 atom stereocenters. The van der Waals surface area contributed by atoms with Crippen molar-refractivity contribution < 1.29 is 9.53 Å². The molecule has 140 valence electrons. The second kappa shape index (κ2) is 9.02. The smallest absolute Gasteiger partial charge is 0.230 e. The standard InChI is InChI=1S/C18H25N5O2S/c1-3-25-16-11-7-6-10-15(16)23-18(20-21-22-23)26-12-17(24)19-14-9-5-4-8-13(14)2/h6-7,10-11,13-14H,3-5,8-9,12H2,1-2H3,(H,19,24)/t13-,14-/m1/s1. The molecule has 0 saturated heterocycles. The highest BCUT2D eigenvalue weighted by atomic mass is 32.2. The third kappa shape index (κ3) is 4.55. The predicted molar refractivity (Wildman–Crippen MR) is 101 cm³/mol. The lowest BCUT2D eigenvalue weighted by atomic mass is 9.86. The van der Waals surface area contributed by atoms with Crippen molar-refractivity contribution in [1.82, 2.24) is 25.5 Å². The number of para-hydroxylation sites is 2. The lowest BCUT2D eigenvalue weighted by Crippen LogP contribution is -2.41. The summed E-state index contributed by atoms with van der Waals surface area (Å²) in [5.41, 5.74) is 0.767. The Morgan fingerprint density at radius 1 is 1.35 bits per heavy atom. The number of carbonyl (C=O) groups is 1. The number of ether oxygens (including phenoxy) is 1. The summed E-state index contributed by atoms with van der Waals surface area (Å²) in [5, 5.41) is 15.6. The second-order valence-corrected chi connectivity index (χ2v) is 7.44. The molecule has 1 heterocycles. The van der Waals surface area contributed by atoms with Crippen LogP contribution >= 0.6 is 11.8 Å². The van der Waals surface area contributed by atoms with Crippen LogP contribution in [-0.4, -0.2) is 44.5 Å². The first-order valence-corrected chi connectivity index (χ1v) is 10.1. The summed E-state index contributed by atoms with van der Waals surface area (Å²) in [7, 11) is 0. The fourth-order valence-electron chi connectivity index (χ4n) is 3.24. The quantitative estimate of drug-likeness (QED) is 0.750. The van der Waals surface area contributed by atoms with Crippen LogP contribution < -0.4 is 10.1 Å². The monoisotopic (exact) mass is 375 g/mol. The molecular weight excluding hydrogens is 350 g/mol. The highest BCUT2D eigenvalue weighted by Crippen LogP contribution is 2.26. The average Bonchev–Trinajstić information content (AvgIpc) is 3.11. The molecule has 26 heavy (non-hydrogen) atoms. The fraction of sp³-hybridized carbons (Fsp3) is 0.556. The van der Waals surface area contributed by atoms with Gasteiger partial charge in [0.15, 0.2) is 0 Å². The number of hydrogen-bond donors (Lipinski definition) is 1. The van der Waals surface area contributed by atoms with Gasteiger partial charge >= 0.3 is 0 Å². The van der Waals surface area contributed by atoms with Crippen molar-refractivity contribution in [3.8, 4) is 11.4 Å². The summed E-state index contributed by atoms with van der Waals surface area (Å²) in [6.07, 6.45) is 4.70. The normalized spacial score (nSPS) is 19.9. The van der Waals surface area contributed by atoms with Crippen molar-refractivity contribution in [2.75, 3.05) is 12.4 Å². The summed E-state index contributed by atoms with van der Waals surface area (Å²) in [5.74, 6) is 1.58. The average molecular weight is 375 g/mol. The summed E-state index contributed by atoms with van der Waals surface area (Å²) < 4.78 is 7.27. The van der Waals surface area contributed by atoms with Crippen LogP contribution in [0.25, 0.3) is 5.69 Å². The van der Waals surface area contributed by atoms with E-state index in [1.165, 1.54) is 31.0 Å².